The number of hydrogen-bond donors (Lipinski definition) is 1. The van der Waals surface area contributed by atoms with Gasteiger partial charge in [-0.3, -0.25) is 9.59 Å². The normalized spacial score (nSPS) is 16.2. The van der Waals surface area contributed by atoms with E-state index in [0.717, 1.165) is 16.5 Å². The van der Waals surface area contributed by atoms with Crippen LogP contribution in [0.3, 0.4) is 0 Å². The monoisotopic (exact) mass is 602 g/mol. The van der Waals surface area contributed by atoms with Crippen molar-refractivity contribution in [2.75, 3.05) is 20.1 Å². The molecule has 0 aromatic heterocycles. The van der Waals surface area contributed by atoms with Crippen molar-refractivity contribution >= 4 is 39.3 Å². The average molecular weight is 604 g/mol. The van der Waals surface area contributed by atoms with Crippen LogP contribution in [-0.4, -0.2) is 46.9 Å². The van der Waals surface area contributed by atoms with Crippen LogP contribution in [-0.2, 0) is 16.1 Å². The van der Waals surface area contributed by atoms with Crippen LogP contribution in [0.2, 0.25) is 5.02 Å². The number of likely N-dealkylation sites (tertiary alicyclic amines) is 1. The van der Waals surface area contributed by atoms with E-state index in [0.29, 0.717) is 47.2 Å². The Hall–Kier alpha value is -2.94. The highest BCUT2D eigenvalue weighted by Crippen LogP contribution is 2.32. The minimum absolute atomic E-state index is 0.107. The standard InChI is InChI=1S/C29H29BrClFN2O4/c1-18-14-24(11-12-25(18)32)38-26-15-23(31)10-7-20(26)16-33(2)28(36)29(37)34-13-3-4-21(17-34)27(35)19-5-8-22(30)9-6-19/h5-12,14-15,21,27,35H,3-4,13,16-17H2,1-2H3. The summed E-state index contributed by atoms with van der Waals surface area (Å²) in [5.41, 5.74) is 1.86. The van der Waals surface area contributed by atoms with Gasteiger partial charge in [0.2, 0.25) is 0 Å². The molecule has 38 heavy (non-hydrogen) atoms. The molecule has 1 heterocycles. The number of ether oxygens (including phenoxy) is 1. The van der Waals surface area contributed by atoms with Gasteiger partial charge >= 0.3 is 11.8 Å². The second-order valence-electron chi connectivity index (χ2n) is 9.58. The first kappa shape index (κ1) is 28.1. The lowest BCUT2D eigenvalue weighted by molar-refractivity contribution is -0.153. The number of benzene rings is 3. The maximum absolute atomic E-state index is 13.7. The molecule has 0 saturated carbocycles. The number of amides is 2. The fraction of sp³-hybridized carbons (Fsp3) is 0.310. The molecule has 1 aliphatic heterocycles. The van der Waals surface area contributed by atoms with Gasteiger partial charge in [-0.05, 0) is 73.4 Å². The van der Waals surface area contributed by atoms with Gasteiger partial charge in [-0.15, -0.1) is 0 Å². The van der Waals surface area contributed by atoms with E-state index in [-0.39, 0.29) is 18.3 Å². The lowest BCUT2D eigenvalue weighted by Crippen LogP contribution is -2.48. The van der Waals surface area contributed by atoms with Crippen molar-refractivity contribution in [3.8, 4) is 11.5 Å². The van der Waals surface area contributed by atoms with Crippen molar-refractivity contribution in [2.45, 2.75) is 32.4 Å². The van der Waals surface area contributed by atoms with E-state index in [4.69, 9.17) is 16.3 Å². The van der Waals surface area contributed by atoms with Gasteiger partial charge in [0.25, 0.3) is 0 Å². The van der Waals surface area contributed by atoms with Gasteiger partial charge in [0, 0.05) is 47.7 Å². The molecule has 9 heteroatoms. The SMILES string of the molecule is Cc1cc(Oc2cc(Cl)ccc2CN(C)C(=O)C(=O)N2CCCC(C(O)c3ccc(Br)cc3)C2)ccc1F. The minimum Gasteiger partial charge on any atom is -0.457 e. The molecule has 2 atom stereocenters. The van der Waals surface area contributed by atoms with Crippen LogP contribution in [0.4, 0.5) is 4.39 Å². The summed E-state index contributed by atoms with van der Waals surface area (Å²) >= 11 is 9.57. The summed E-state index contributed by atoms with van der Waals surface area (Å²) in [5.74, 6) is -0.917. The number of carbonyl (C=O) groups excluding carboxylic acids is 2. The van der Waals surface area contributed by atoms with Gasteiger partial charge in [-0.25, -0.2) is 4.39 Å². The Kier molecular flexibility index (Phi) is 9.07. The number of likely N-dealkylation sites (N-methyl/N-ethyl adjacent to an activating group) is 1. The highest BCUT2D eigenvalue weighted by Gasteiger charge is 2.33. The predicted molar refractivity (Wildman–Crippen MR) is 148 cm³/mol. The van der Waals surface area contributed by atoms with Gasteiger partial charge in [0.1, 0.15) is 17.3 Å². The van der Waals surface area contributed by atoms with Gasteiger partial charge in [0.05, 0.1) is 6.10 Å². The number of aliphatic hydroxyl groups excluding tert-OH is 1. The van der Waals surface area contributed by atoms with E-state index in [9.17, 15) is 19.1 Å². The first-order valence-corrected chi connectivity index (χ1v) is 13.5. The third-order valence-electron chi connectivity index (χ3n) is 6.73. The second kappa shape index (κ2) is 12.3. The third kappa shape index (κ3) is 6.73. The molecule has 1 saturated heterocycles. The van der Waals surface area contributed by atoms with Crippen LogP contribution in [0.1, 0.15) is 35.6 Å². The summed E-state index contributed by atoms with van der Waals surface area (Å²) in [6, 6.07) is 16.9. The Morgan fingerprint density at radius 3 is 2.63 bits per heavy atom. The van der Waals surface area contributed by atoms with Crippen LogP contribution >= 0.6 is 27.5 Å². The first-order valence-electron chi connectivity index (χ1n) is 12.3. The lowest BCUT2D eigenvalue weighted by Gasteiger charge is -2.35. The Morgan fingerprint density at radius 1 is 1.18 bits per heavy atom. The highest BCUT2D eigenvalue weighted by atomic mass is 79.9. The van der Waals surface area contributed by atoms with Crippen molar-refractivity contribution < 1.29 is 23.8 Å². The smallest absolute Gasteiger partial charge is 0.312 e. The molecule has 0 radical (unpaired) electrons. The quantitative estimate of drug-likeness (QED) is 0.337. The molecule has 0 bridgehead atoms. The topological polar surface area (TPSA) is 70.1 Å². The Labute approximate surface area is 235 Å². The number of hydrogen-bond acceptors (Lipinski definition) is 4. The van der Waals surface area contributed by atoms with Crippen molar-refractivity contribution in [1.82, 2.24) is 9.80 Å². The molecular weight excluding hydrogens is 575 g/mol. The molecule has 1 fully saturated rings. The molecule has 6 nitrogen and oxygen atoms in total. The van der Waals surface area contributed by atoms with E-state index >= 15 is 0 Å². The van der Waals surface area contributed by atoms with Gasteiger partial charge < -0.3 is 19.6 Å². The van der Waals surface area contributed by atoms with Gasteiger partial charge in [-0.2, -0.15) is 0 Å². The largest absolute Gasteiger partial charge is 0.457 e. The summed E-state index contributed by atoms with van der Waals surface area (Å²) in [6.07, 6.45) is 0.738. The number of piperidine rings is 1. The average Bonchev–Trinajstić information content (AvgIpc) is 2.91. The zero-order valence-electron chi connectivity index (χ0n) is 21.2. The summed E-state index contributed by atoms with van der Waals surface area (Å²) < 4.78 is 20.5. The van der Waals surface area contributed by atoms with Crippen LogP contribution in [0.15, 0.2) is 65.1 Å². The first-order chi connectivity index (χ1) is 18.1. The van der Waals surface area contributed by atoms with Gasteiger partial charge in [0.15, 0.2) is 0 Å². The summed E-state index contributed by atoms with van der Waals surface area (Å²) in [5, 5.41) is 11.3. The Balaban J connectivity index is 1.43. The third-order valence-corrected chi connectivity index (χ3v) is 7.49. The zero-order valence-corrected chi connectivity index (χ0v) is 23.5. The summed E-state index contributed by atoms with van der Waals surface area (Å²) in [4.78, 5) is 29.1. The maximum Gasteiger partial charge on any atom is 0.312 e. The van der Waals surface area contributed by atoms with E-state index < -0.39 is 17.9 Å². The number of nitrogens with zero attached hydrogens (tertiary/aromatic N) is 2. The van der Waals surface area contributed by atoms with Crippen LogP contribution < -0.4 is 4.74 Å². The molecule has 0 aliphatic carbocycles. The molecule has 4 rings (SSSR count). The molecular formula is C29H29BrClFN2O4. The number of aliphatic hydroxyl groups is 1. The fourth-order valence-corrected chi connectivity index (χ4v) is 5.00. The molecule has 200 valence electrons. The minimum atomic E-state index is -0.726. The zero-order chi connectivity index (χ0) is 27.4. The maximum atomic E-state index is 13.7. The lowest BCUT2D eigenvalue weighted by atomic mass is 9.88. The van der Waals surface area contributed by atoms with E-state index in [1.807, 2.05) is 24.3 Å². The molecule has 3 aromatic rings. The van der Waals surface area contributed by atoms with Crippen molar-refractivity contribution in [3.05, 3.63) is 92.7 Å². The number of carbonyl (C=O) groups is 2. The van der Waals surface area contributed by atoms with E-state index in [1.54, 1.807) is 38.2 Å². The molecule has 1 N–H and O–H groups in total. The highest BCUT2D eigenvalue weighted by molar-refractivity contribution is 9.10. The number of aryl methyl sites for hydroxylation is 1. The van der Waals surface area contributed by atoms with Crippen molar-refractivity contribution in [1.29, 1.82) is 0 Å². The molecule has 2 amide bonds. The van der Waals surface area contributed by atoms with E-state index in [1.165, 1.54) is 21.9 Å². The summed E-state index contributed by atoms with van der Waals surface area (Å²) in [6.45, 7) is 2.51. The van der Waals surface area contributed by atoms with Crippen LogP contribution in [0, 0.1) is 18.7 Å². The molecule has 1 aliphatic rings. The Bertz CT molecular complexity index is 1320. The van der Waals surface area contributed by atoms with Gasteiger partial charge in [-0.1, -0.05) is 45.7 Å². The van der Waals surface area contributed by atoms with Crippen LogP contribution in [0.25, 0.3) is 0 Å². The van der Waals surface area contributed by atoms with E-state index in [2.05, 4.69) is 15.9 Å². The predicted octanol–water partition coefficient (Wildman–Crippen LogP) is 6.27. The molecule has 2 unspecified atom stereocenters. The molecule has 3 aromatic carbocycles. The number of rotatable bonds is 6. The van der Waals surface area contributed by atoms with Crippen molar-refractivity contribution in [2.24, 2.45) is 5.92 Å². The summed E-state index contributed by atoms with van der Waals surface area (Å²) in [7, 11) is 1.55. The number of halogens is 3. The van der Waals surface area contributed by atoms with Crippen molar-refractivity contribution in [3.63, 3.8) is 0 Å². The fourth-order valence-electron chi connectivity index (χ4n) is 4.57. The molecule has 0 spiro atoms. The second-order valence-corrected chi connectivity index (χ2v) is 10.9. The van der Waals surface area contributed by atoms with Crippen LogP contribution in [0.5, 0.6) is 11.5 Å². The Morgan fingerprint density at radius 2 is 1.92 bits per heavy atom.